The smallest absolute Gasteiger partial charge is 0.243 e. The molecule has 1 N–H and O–H groups in total. The van der Waals surface area contributed by atoms with Crippen molar-refractivity contribution < 1.29 is 23.8 Å². The third kappa shape index (κ3) is 6.12. The predicted molar refractivity (Wildman–Crippen MR) is 113 cm³/mol. The summed E-state index contributed by atoms with van der Waals surface area (Å²) >= 11 is 3.38. The Morgan fingerprint density at radius 3 is 2.69 bits per heavy atom. The summed E-state index contributed by atoms with van der Waals surface area (Å²) in [5.41, 5.74) is 0.598. The minimum atomic E-state index is -0.273. The lowest BCUT2D eigenvalue weighted by Crippen LogP contribution is -2.38. The number of nitrogens with zero attached hydrogens (tertiary/aromatic N) is 1. The summed E-state index contributed by atoms with van der Waals surface area (Å²) in [6.45, 7) is 3.48. The summed E-state index contributed by atoms with van der Waals surface area (Å²) in [5.74, 6) is 1.53. The molecule has 0 saturated carbocycles. The minimum absolute atomic E-state index is 0.0271. The molecule has 7 nitrogen and oxygen atoms in total. The van der Waals surface area contributed by atoms with Crippen molar-refractivity contribution in [2.24, 2.45) is 0 Å². The van der Waals surface area contributed by atoms with Crippen molar-refractivity contribution in [1.29, 1.82) is 0 Å². The van der Waals surface area contributed by atoms with Gasteiger partial charge in [-0.15, -0.1) is 0 Å². The summed E-state index contributed by atoms with van der Waals surface area (Å²) in [6.07, 6.45) is 0.192. The molecule has 0 unspecified atom stereocenters. The number of carbonyl (C=O) groups is 2. The van der Waals surface area contributed by atoms with Crippen molar-refractivity contribution in [3.05, 3.63) is 46.9 Å². The fourth-order valence-corrected chi connectivity index (χ4v) is 3.22. The number of anilines is 1. The first-order valence-electron chi connectivity index (χ1n) is 9.41. The molecule has 0 radical (unpaired) electrons. The number of nitrogens with one attached hydrogen (secondary N) is 1. The van der Waals surface area contributed by atoms with Crippen LogP contribution in [0.2, 0.25) is 0 Å². The standard InChI is InChI=1S/C21H23BrN2O5/c1-2-24(21(26)8-9-27-17-5-3-4-15(22)12-17)14-20(25)23-16-6-7-18-19(13-16)29-11-10-28-18/h3-7,12-13H,2,8-11,14H2,1H3,(H,23,25). The molecule has 2 amide bonds. The van der Waals surface area contributed by atoms with Crippen LogP contribution in [-0.4, -0.2) is 49.6 Å². The van der Waals surface area contributed by atoms with Gasteiger partial charge in [0.25, 0.3) is 0 Å². The molecule has 2 aromatic rings. The maximum absolute atomic E-state index is 12.4. The highest BCUT2D eigenvalue weighted by atomic mass is 79.9. The monoisotopic (exact) mass is 462 g/mol. The van der Waals surface area contributed by atoms with Gasteiger partial charge in [0.05, 0.1) is 19.6 Å². The Labute approximate surface area is 178 Å². The fraction of sp³-hybridized carbons (Fsp3) is 0.333. The van der Waals surface area contributed by atoms with Gasteiger partial charge in [-0.05, 0) is 37.3 Å². The van der Waals surface area contributed by atoms with Crippen LogP contribution in [0.5, 0.6) is 17.2 Å². The highest BCUT2D eigenvalue weighted by Gasteiger charge is 2.17. The summed E-state index contributed by atoms with van der Waals surface area (Å²) in [4.78, 5) is 26.3. The number of fused-ring (bicyclic) bond motifs is 1. The molecule has 0 aliphatic carbocycles. The van der Waals surface area contributed by atoms with Gasteiger partial charge in [0.1, 0.15) is 19.0 Å². The average Bonchev–Trinajstić information content (AvgIpc) is 2.72. The van der Waals surface area contributed by atoms with Crippen LogP contribution in [-0.2, 0) is 9.59 Å². The zero-order valence-electron chi connectivity index (χ0n) is 16.2. The van der Waals surface area contributed by atoms with Crippen molar-refractivity contribution in [1.82, 2.24) is 4.90 Å². The van der Waals surface area contributed by atoms with Crippen LogP contribution in [0.3, 0.4) is 0 Å². The minimum Gasteiger partial charge on any atom is -0.493 e. The van der Waals surface area contributed by atoms with E-state index in [4.69, 9.17) is 14.2 Å². The topological polar surface area (TPSA) is 77.1 Å². The zero-order valence-corrected chi connectivity index (χ0v) is 17.7. The van der Waals surface area contributed by atoms with Gasteiger partial charge in [-0.3, -0.25) is 9.59 Å². The van der Waals surface area contributed by atoms with E-state index in [2.05, 4.69) is 21.2 Å². The van der Waals surface area contributed by atoms with Crippen LogP contribution >= 0.6 is 15.9 Å². The van der Waals surface area contributed by atoms with Crippen molar-refractivity contribution in [3.63, 3.8) is 0 Å². The van der Waals surface area contributed by atoms with Crippen molar-refractivity contribution in [3.8, 4) is 17.2 Å². The Morgan fingerprint density at radius 1 is 1.14 bits per heavy atom. The second-order valence-electron chi connectivity index (χ2n) is 6.37. The van der Waals surface area contributed by atoms with Gasteiger partial charge in [-0.1, -0.05) is 22.0 Å². The number of rotatable bonds is 8. The van der Waals surface area contributed by atoms with E-state index in [1.807, 2.05) is 31.2 Å². The van der Waals surface area contributed by atoms with Crippen molar-refractivity contribution >= 4 is 33.4 Å². The molecule has 1 heterocycles. The molecule has 0 bridgehead atoms. The van der Waals surface area contributed by atoms with E-state index in [0.717, 1.165) is 4.47 Å². The number of hydrogen-bond donors (Lipinski definition) is 1. The van der Waals surface area contributed by atoms with Crippen LogP contribution in [0.4, 0.5) is 5.69 Å². The largest absolute Gasteiger partial charge is 0.493 e. The molecular formula is C21H23BrN2O5. The number of amides is 2. The molecule has 29 heavy (non-hydrogen) atoms. The fourth-order valence-electron chi connectivity index (χ4n) is 2.84. The Morgan fingerprint density at radius 2 is 1.93 bits per heavy atom. The Balaban J connectivity index is 1.48. The van der Waals surface area contributed by atoms with E-state index >= 15 is 0 Å². The van der Waals surface area contributed by atoms with E-state index in [9.17, 15) is 9.59 Å². The predicted octanol–water partition coefficient (Wildman–Crippen LogP) is 3.48. The lowest BCUT2D eigenvalue weighted by atomic mass is 10.2. The van der Waals surface area contributed by atoms with Crippen LogP contribution in [0, 0.1) is 0 Å². The Hall–Kier alpha value is -2.74. The number of ether oxygens (including phenoxy) is 3. The van der Waals surface area contributed by atoms with E-state index in [0.29, 0.717) is 42.7 Å². The van der Waals surface area contributed by atoms with Crippen LogP contribution < -0.4 is 19.5 Å². The first-order valence-corrected chi connectivity index (χ1v) is 10.2. The summed E-state index contributed by atoms with van der Waals surface area (Å²) in [6, 6.07) is 12.6. The maximum atomic E-state index is 12.4. The first kappa shape index (κ1) is 21.0. The van der Waals surface area contributed by atoms with Gasteiger partial charge in [-0.2, -0.15) is 0 Å². The Bertz CT molecular complexity index is 874. The third-order valence-electron chi connectivity index (χ3n) is 4.28. The van der Waals surface area contributed by atoms with E-state index in [1.165, 1.54) is 4.90 Å². The molecule has 0 aromatic heterocycles. The van der Waals surface area contributed by atoms with Crippen LogP contribution in [0.15, 0.2) is 46.9 Å². The van der Waals surface area contributed by atoms with Crippen LogP contribution in [0.25, 0.3) is 0 Å². The lowest BCUT2D eigenvalue weighted by molar-refractivity contribution is -0.134. The van der Waals surface area contributed by atoms with Crippen molar-refractivity contribution in [2.45, 2.75) is 13.3 Å². The highest BCUT2D eigenvalue weighted by Crippen LogP contribution is 2.32. The number of benzene rings is 2. The van der Waals surface area contributed by atoms with Gasteiger partial charge in [0.2, 0.25) is 11.8 Å². The van der Waals surface area contributed by atoms with Gasteiger partial charge >= 0.3 is 0 Å². The summed E-state index contributed by atoms with van der Waals surface area (Å²) in [5, 5.41) is 2.80. The molecule has 0 atom stereocenters. The molecule has 3 rings (SSSR count). The van der Waals surface area contributed by atoms with E-state index in [-0.39, 0.29) is 31.4 Å². The SMILES string of the molecule is CCN(CC(=O)Nc1ccc2c(c1)OCCO2)C(=O)CCOc1cccc(Br)c1. The number of halogens is 1. The number of hydrogen-bond acceptors (Lipinski definition) is 5. The first-order chi connectivity index (χ1) is 14.0. The molecule has 0 spiro atoms. The van der Waals surface area contributed by atoms with Gasteiger partial charge in [-0.25, -0.2) is 0 Å². The Kier molecular flexibility index (Phi) is 7.35. The molecular weight excluding hydrogens is 440 g/mol. The number of likely N-dealkylation sites (N-methyl/N-ethyl adjacent to an activating group) is 1. The second kappa shape index (κ2) is 10.2. The number of carbonyl (C=O) groups excluding carboxylic acids is 2. The van der Waals surface area contributed by atoms with Gasteiger partial charge in [0.15, 0.2) is 11.5 Å². The normalized spacial score (nSPS) is 12.2. The molecule has 1 aliphatic heterocycles. The van der Waals surface area contributed by atoms with Crippen molar-refractivity contribution in [2.75, 3.05) is 38.2 Å². The van der Waals surface area contributed by atoms with Crippen LogP contribution in [0.1, 0.15) is 13.3 Å². The lowest BCUT2D eigenvalue weighted by Gasteiger charge is -2.21. The molecule has 0 fully saturated rings. The molecule has 154 valence electrons. The van der Waals surface area contributed by atoms with E-state index in [1.54, 1.807) is 18.2 Å². The second-order valence-corrected chi connectivity index (χ2v) is 7.29. The molecule has 2 aromatic carbocycles. The molecule has 8 heteroatoms. The summed E-state index contributed by atoms with van der Waals surface area (Å²) < 4.78 is 17.5. The molecule has 1 aliphatic rings. The third-order valence-corrected chi connectivity index (χ3v) is 4.77. The quantitative estimate of drug-likeness (QED) is 0.649. The van der Waals surface area contributed by atoms with E-state index < -0.39 is 0 Å². The molecule has 0 saturated heterocycles. The van der Waals surface area contributed by atoms with Gasteiger partial charge < -0.3 is 24.4 Å². The van der Waals surface area contributed by atoms with Gasteiger partial charge in [0, 0.05) is 22.8 Å². The highest BCUT2D eigenvalue weighted by molar-refractivity contribution is 9.10. The maximum Gasteiger partial charge on any atom is 0.243 e. The average molecular weight is 463 g/mol. The zero-order chi connectivity index (χ0) is 20.6. The summed E-state index contributed by atoms with van der Waals surface area (Å²) in [7, 11) is 0.